The summed E-state index contributed by atoms with van der Waals surface area (Å²) in [6.45, 7) is 0.562. The van der Waals surface area contributed by atoms with Gasteiger partial charge in [-0.05, 0) is 47.4 Å². The highest BCUT2D eigenvalue weighted by atomic mass is 79.9. The van der Waals surface area contributed by atoms with Crippen LogP contribution in [0.4, 0.5) is 13.2 Å². The first kappa shape index (κ1) is 15.0. The Balaban J connectivity index is 1.94. The van der Waals surface area contributed by atoms with Crippen molar-refractivity contribution in [3.8, 4) is 0 Å². The van der Waals surface area contributed by atoms with E-state index in [9.17, 15) is 18.0 Å². The van der Waals surface area contributed by atoms with Gasteiger partial charge < -0.3 is 0 Å². The fraction of sp³-hybridized carbons (Fsp3) is 0.583. The number of thiophene rings is 1. The molecule has 0 radical (unpaired) electrons. The van der Waals surface area contributed by atoms with E-state index in [0.717, 1.165) is 3.79 Å². The number of carbonyl (C=O) groups excluding carboxylic acids is 1. The number of nitrogens with zero attached hydrogens (tertiary/aromatic N) is 1. The van der Waals surface area contributed by atoms with Gasteiger partial charge in [0.25, 0.3) is 0 Å². The van der Waals surface area contributed by atoms with Gasteiger partial charge in [-0.15, -0.1) is 11.3 Å². The van der Waals surface area contributed by atoms with E-state index in [1.165, 1.54) is 11.3 Å². The third-order valence-corrected chi connectivity index (χ3v) is 4.85. The minimum Gasteiger partial charge on any atom is -0.295 e. The number of ketones is 1. The van der Waals surface area contributed by atoms with Gasteiger partial charge in [0.2, 0.25) is 0 Å². The van der Waals surface area contributed by atoms with Crippen LogP contribution < -0.4 is 0 Å². The van der Waals surface area contributed by atoms with E-state index >= 15 is 0 Å². The first-order chi connectivity index (χ1) is 8.86. The zero-order chi connectivity index (χ0) is 14.0. The fourth-order valence-corrected chi connectivity index (χ4v) is 3.53. The predicted molar refractivity (Wildman–Crippen MR) is 71.6 cm³/mol. The van der Waals surface area contributed by atoms with Gasteiger partial charge >= 0.3 is 6.18 Å². The Morgan fingerprint density at radius 1 is 1.47 bits per heavy atom. The number of Topliss-reactive ketones (excluding diaryl/α,β-unsaturated/α-hetero) is 1. The number of piperidine rings is 1. The van der Waals surface area contributed by atoms with Crippen LogP contribution in [0.25, 0.3) is 0 Å². The van der Waals surface area contributed by atoms with Crippen molar-refractivity contribution < 1.29 is 18.0 Å². The highest BCUT2D eigenvalue weighted by Gasteiger charge is 2.41. The van der Waals surface area contributed by atoms with Crippen LogP contribution in [0.2, 0.25) is 0 Å². The lowest BCUT2D eigenvalue weighted by Gasteiger charge is -2.33. The summed E-state index contributed by atoms with van der Waals surface area (Å²) in [5.74, 6) is -1.41. The van der Waals surface area contributed by atoms with Crippen LogP contribution in [0.3, 0.4) is 0 Å². The van der Waals surface area contributed by atoms with E-state index in [4.69, 9.17) is 0 Å². The summed E-state index contributed by atoms with van der Waals surface area (Å²) in [6, 6.07) is 3.47. The van der Waals surface area contributed by atoms with Crippen LogP contribution in [0.15, 0.2) is 15.9 Å². The normalized spacial score (nSPS) is 21.6. The Kier molecular flexibility index (Phi) is 4.68. The first-order valence-corrected chi connectivity index (χ1v) is 7.55. The zero-order valence-corrected chi connectivity index (χ0v) is 12.4. The van der Waals surface area contributed by atoms with E-state index in [2.05, 4.69) is 15.9 Å². The average molecular weight is 356 g/mol. The van der Waals surface area contributed by atoms with Crippen molar-refractivity contribution >= 4 is 33.0 Å². The number of likely N-dealkylation sites (tertiary alicyclic amines) is 1. The van der Waals surface area contributed by atoms with Gasteiger partial charge in [-0.25, -0.2) is 0 Å². The molecule has 0 bridgehead atoms. The maximum absolute atomic E-state index is 12.7. The van der Waals surface area contributed by atoms with Crippen molar-refractivity contribution in [1.29, 1.82) is 0 Å². The minimum absolute atomic E-state index is 0.0677. The lowest BCUT2D eigenvalue weighted by atomic mass is 9.97. The second-order valence-electron chi connectivity index (χ2n) is 4.64. The quantitative estimate of drug-likeness (QED) is 0.764. The summed E-state index contributed by atoms with van der Waals surface area (Å²) in [5, 5.41) is 0. The Morgan fingerprint density at radius 3 is 2.79 bits per heavy atom. The highest BCUT2D eigenvalue weighted by molar-refractivity contribution is 9.11. The molecule has 1 unspecified atom stereocenters. The SMILES string of the molecule is O=C(CN1CCCC(C(F)(F)F)C1)c1ccc(Br)s1. The van der Waals surface area contributed by atoms with Crippen LogP contribution in [0.5, 0.6) is 0 Å². The van der Waals surface area contributed by atoms with Gasteiger partial charge in [-0.3, -0.25) is 9.69 Å². The number of alkyl halides is 3. The Labute approximate surface area is 121 Å². The molecule has 0 aromatic carbocycles. The van der Waals surface area contributed by atoms with Crippen molar-refractivity contribution in [3.63, 3.8) is 0 Å². The molecule has 2 rings (SSSR count). The number of carbonyl (C=O) groups is 1. The van der Waals surface area contributed by atoms with Gasteiger partial charge in [-0.1, -0.05) is 0 Å². The topological polar surface area (TPSA) is 20.3 Å². The lowest BCUT2D eigenvalue weighted by molar-refractivity contribution is -0.186. The molecule has 1 aliphatic heterocycles. The van der Waals surface area contributed by atoms with Crippen LogP contribution in [-0.2, 0) is 0 Å². The molecule has 2 heterocycles. The Hall–Kier alpha value is -0.400. The lowest BCUT2D eigenvalue weighted by Crippen LogP contribution is -2.43. The molecular formula is C12H13BrF3NOS. The molecule has 1 aromatic heterocycles. The van der Waals surface area contributed by atoms with Crippen LogP contribution >= 0.6 is 27.3 Å². The van der Waals surface area contributed by atoms with E-state index in [0.29, 0.717) is 17.8 Å². The first-order valence-electron chi connectivity index (χ1n) is 5.94. The highest BCUT2D eigenvalue weighted by Crippen LogP contribution is 2.33. The van der Waals surface area contributed by atoms with Crippen molar-refractivity contribution in [3.05, 3.63) is 20.8 Å². The summed E-state index contributed by atoms with van der Waals surface area (Å²) in [4.78, 5) is 14.1. The monoisotopic (exact) mass is 355 g/mol. The molecule has 0 amide bonds. The molecule has 106 valence electrons. The maximum atomic E-state index is 12.7. The number of hydrogen-bond acceptors (Lipinski definition) is 3. The second-order valence-corrected chi connectivity index (χ2v) is 7.11. The number of hydrogen-bond donors (Lipinski definition) is 0. The second kappa shape index (κ2) is 5.93. The van der Waals surface area contributed by atoms with Crippen LogP contribution in [0, 0.1) is 5.92 Å². The molecule has 0 aliphatic carbocycles. The summed E-state index contributed by atoms with van der Waals surface area (Å²) in [5.41, 5.74) is 0. The maximum Gasteiger partial charge on any atom is 0.393 e. The van der Waals surface area contributed by atoms with E-state index < -0.39 is 12.1 Å². The van der Waals surface area contributed by atoms with E-state index in [-0.39, 0.29) is 25.3 Å². The van der Waals surface area contributed by atoms with Crippen molar-refractivity contribution in [2.45, 2.75) is 19.0 Å². The molecule has 0 saturated carbocycles. The molecule has 19 heavy (non-hydrogen) atoms. The molecule has 2 nitrogen and oxygen atoms in total. The molecule has 1 aromatic rings. The number of halogens is 4. The van der Waals surface area contributed by atoms with Gasteiger partial charge in [0.05, 0.1) is 21.1 Å². The molecule has 1 aliphatic rings. The van der Waals surface area contributed by atoms with E-state index in [1.807, 2.05) is 0 Å². The van der Waals surface area contributed by atoms with Crippen LogP contribution in [0.1, 0.15) is 22.5 Å². The molecule has 1 saturated heterocycles. The molecule has 0 N–H and O–H groups in total. The largest absolute Gasteiger partial charge is 0.393 e. The standard InChI is InChI=1S/C12H13BrF3NOS/c13-11-4-3-10(19-11)9(18)7-17-5-1-2-8(6-17)12(14,15)16/h3-4,8H,1-2,5-7H2. The molecule has 1 fully saturated rings. The predicted octanol–water partition coefficient (Wildman–Crippen LogP) is 3.97. The van der Waals surface area contributed by atoms with Gasteiger partial charge in [-0.2, -0.15) is 13.2 Å². The molecule has 7 heteroatoms. The van der Waals surface area contributed by atoms with Crippen molar-refractivity contribution in [2.75, 3.05) is 19.6 Å². The number of rotatable bonds is 3. The molecule has 0 spiro atoms. The minimum atomic E-state index is -4.16. The smallest absolute Gasteiger partial charge is 0.295 e. The van der Waals surface area contributed by atoms with Crippen molar-refractivity contribution in [1.82, 2.24) is 4.90 Å². The average Bonchev–Trinajstić information content (AvgIpc) is 2.75. The van der Waals surface area contributed by atoms with Gasteiger partial charge in [0.1, 0.15) is 0 Å². The van der Waals surface area contributed by atoms with Crippen molar-refractivity contribution in [2.24, 2.45) is 5.92 Å². The summed E-state index contributed by atoms with van der Waals surface area (Å²) in [7, 11) is 0. The van der Waals surface area contributed by atoms with Gasteiger partial charge in [0, 0.05) is 6.54 Å². The Bertz CT molecular complexity index is 460. The molecule has 1 atom stereocenters. The third-order valence-electron chi connectivity index (χ3n) is 3.18. The van der Waals surface area contributed by atoms with Crippen LogP contribution in [-0.4, -0.2) is 36.5 Å². The summed E-state index contributed by atoms with van der Waals surface area (Å²) < 4.78 is 38.8. The third kappa shape index (κ3) is 4.03. The zero-order valence-electron chi connectivity index (χ0n) is 10.0. The Morgan fingerprint density at radius 2 is 2.21 bits per heavy atom. The summed E-state index contributed by atoms with van der Waals surface area (Å²) in [6.07, 6.45) is -3.50. The fourth-order valence-electron chi connectivity index (χ4n) is 2.21. The van der Waals surface area contributed by atoms with Gasteiger partial charge in [0.15, 0.2) is 5.78 Å². The van der Waals surface area contributed by atoms with E-state index in [1.54, 1.807) is 17.0 Å². The summed E-state index contributed by atoms with van der Waals surface area (Å²) >= 11 is 4.57. The molecular weight excluding hydrogens is 343 g/mol.